The summed E-state index contributed by atoms with van der Waals surface area (Å²) in [6, 6.07) is 29.8. The second kappa shape index (κ2) is 9.23. The van der Waals surface area contributed by atoms with Gasteiger partial charge >= 0.3 is 0 Å². The molecule has 0 radical (unpaired) electrons. The molecule has 0 saturated heterocycles. The zero-order valence-corrected chi connectivity index (χ0v) is 20.3. The fraction of sp³-hybridized carbons (Fsp3) is 0.188. The van der Waals surface area contributed by atoms with Crippen LogP contribution in [0.4, 0.5) is 0 Å². The van der Waals surface area contributed by atoms with Gasteiger partial charge in [-0.3, -0.25) is 0 Å². The molecular formula is C32H30O2. The zero-order valence-electron chi connectivity index (χ0n) is 20.3. The first-order valence-electron chi connectivity index (χ1n) is 11.8. The van der Waals surface area contributed by atoms with Crippen LogP contribution in [0.5, 0.6) is 11.5 Å². The van der Waals surface area contributed by atoms with E-state index in [1.54, 1.807) is 0 Å². The third kappa shape index (κ3) is 4.24. The number of hydrogen-bond donors (Lipinski definition) is 0. The lowest BCUT2D eigenvalue weighted by atomic mass is 10.00. The quantitative estimate of drug-likeness (QED) is 0.244. The van der Waals surface area contributed by atoms with Gasteiger partial charge in [-0.15, -0.1) is 0 Å². The van der Waals surface area contributed by atoms with Gasteiger partial charge in [-0.2, -0.15) is 0 Å². The van der Waals surface area contributed by atoms with Crippen LogP contribution >= 0.6 is 0 Å². The molecule has 5 rings (SSSR count). The molecule has 34 heavy (non-hydrogen) atoms. The lowest BCUT2D eigenvalue weighted by Crippen LogP contribution is -2.02. The second-order valence-electron chi connectivity index (χ2n) is 9.19. The maximum absolute atomic E-state index is 6.53. The first kappa shape index (κ1) is 22.0. The van der Waals surface area contributed by atoms with Crippen LogP contribution in [0.15, 0.2) is 84.9 Å². The number of rotatable bonds is 6. The Hall–Kier alpha value is -3.78. The van der Waals surface area contributed by atoms with Gasteiger partial charge < -0.3 is 9.47 Å². The molecule has 0 fully saturated rings. The van der Waals surface area contributed by atoms with Crippen molar-refractivity contribution in [1.29, 1.82) is 0 Å². The molecule has 0 spiro atoms. The summed E-state index contributed by atoms with van der Waals surface area (Å²) in [5.41, 5.74) is 7.44. The second-order valence-corrected chi connectivity index (χ2v) is 9.19. The van der Waals surface area contributed by atoms with Crippen LogP contribution in [0.1, 0.15) is 33.4 Å². The van der Waals surface area contributed by atoms with E-state index in [0.717, 1.165) is 33.0 Å². The minimum Gasteiger partial charge on any atom is -0.488 e. The zero-order chi connectivity index (χ0) is 23.7. The van der Waals surface area contributed by atoms with E-state index < -0.39 is 0 Å². The van der Waals surface area contributed by atoms with E-state index in [2.05, 4.69) is 113 Å². The Morgan fingerprint density at radius 3 is 1.15 bits per heavy atom. The van der Waals surface area contributed by atoms with Crippen molar-refractivity contribution in [1.82, 2.24) is 0 Å². The molecule has 170 valence electrons. The van der Waals surface area contributed by atoms with Gasteiger partial charge in [0.15, 0.2) is 0 Å². The van der Waals surface area contributed by atoms with Gasteiger partial charge in [0.25, 0.3) is 0 Å². The predicted octanol–water partition coefficient (Wildman–Crippen LogP) is 8.38. The van der Waals surface area contributed by atoms with E-state index in [1.807, 2.05) is 0 Å². The molecule has 0 unspecified atom stereocenters. The Bertz CT molecular complexity index is 1330. The maximum Gasteiger partial charge on any atom is 0.135 e. The van der Waals surface area contributed by atoms with Crippen molar-refractivity contribution >= 4 is 21.5 Å². The van der Waals surface area contributed by atoms with Crippen LogP contribution in [0.25, 0.3) is 21.5 Å². The molecule has 0 aliphatic heterocycles. The highest BCUT2D eigenvalue weighted by molar-refractivity contribution is 6.11. The molecule has 2 heteroatoms. The van der Waals surface area contributed by atoms with Gasteiger partial charge in [0, 0.05) is 21.5 Å². The van der Waals surface area contributed by atoms with Crippen molar-refractivity contribution in [3.63, 3.8) is 0 Å². The summed E-state index contributed by atoms with van der Waals surface area (Å²) in [6.45, 7) is 9.59. The van der Waals surface area contributed by atoms with Crippen LogP contribution in [-0.4, -0.2) is 0 Å². The predicted molar refractivity (Wildman–Crippen MR) is 142 cm³/mol. The van der Waals surface area contributed by atoms with Crippen LogP contribution in [0, 0.1) is 27.7 Å². The molecule has 2 nitrogen and oxygen atoms in total. The summed E-state index contributed by atoms with van der Waals surface area (Å²) in [6.07, 6.45) is 0. The Morgan fingerprint density at radius 1 is 0.471 bits per heavy atom. The van der Waals surface area contributed by atoms with E-state index in [0.29, 0.717) is 13.2 Å². The highest BCUT2D eigenvalue weighted by atomic mass is 16.5. The van der Waals surface area contributed by atoms with E-state index >= 15 is 0 Å². The van der Waals surface area contributed by atoms with Gasteiger partial charge in [0.1, 0.15) is 24.7 Å². The first-order valence-corrected chi connectivity index (χ1v) is 11.8. The molecule has 0 saturated carbocycles. The SMILES string of the molecule is Cc1ccc(COc2c3ccccc3c(OCc3ccc(C)cc3C)c3ccccc23)c(C)c1. The van der Waals surface area contributed by atoms with Crippen LogP contribution in [-0.2, 0) is 13.2 Å². The van der Waals surface area contributed by atoms with Crippen molar-refractivity contribution in [3.8, 4) is 11.5 Å². The standard InChI is InChI=1S/C32H30O2/c1-21-13-15-25(23(3)17-21)19-33-31-27-9-5-7-11-29(27)32(30-12-8-6-10-28(30)31)34-20-26-16-14-22(2)18-24(26)4/h5-18H,19-20H2,1-4H3. The Balaban J connectivity index is 1.58. The van der Waals surface area contributed by atoms with Crippen molar-refractivity contribution in [2.45, 2.75) is 40.9 Å². The van der Waals surface area contributed by atoms with Gasteiger partial charge in [-0.05, 0) is 49.9 Å². The molecule has 5 aromatic carbocycles. The number of aryl methyl sites for hydroxylation is 4. The van der Waals surface area contributed by atoms with Gasteiger partial charge in [0.2, 0.25) is 0 Å². The smallest absolute Gasteiger partial charge is 0.135 e. The summed E-state index contributed by atoms with van der Waals surface area (Å²) < 4.78 is 13.1. The summed E-state index contributed by atoms with van der Waals surface area (Å²) in [5.74, 6) is 1.81. The average Bonchev–Trinajstić information content (AvgIpc) is 2.83. The van der Waals surface area contributed by atoms with Crippen molar-refractivity contribution < 1.29 is 9.47 Å². The number of fused-ring (bicyclic) bond motifs is 2. The van der Waals surface area contributed by atoms with Gasteiger partial charge in [0.05, 0.1) is 0 Å². The summed E-state index contributed by atoms with van der Waals surface area (Å²) >= 11 is 0. The van der Waals surface area contributed by atoms with Gasteiger partial charge in [-0.1, -0.05) is 96.1 Å². The number of hydrogen-bond acceptors (Lipinski definition) is 2. The van der Waals surface area contributed by atoms with Crippen molar-refractivity contribution in [2.75, 3.05) is 0 Å². The molecule has 5 aromatic rings. The first-order chi connectivity index (χ1) is 16.5. The molecule has 0 aliphatic rings. The highest BCUT2D eigenvalue weighted by Crippen LogP contribution is 2.43. The topological polar surface area (TPSA) is 18.5 Å². The lowest BCUT2D eigenvalue weighted by Gasteiger charge is -2.19. The fourth-order valence-corrected chi connectivity index (χ4v) is 4.67. The third-order valence-electron chi connectivity index (χ3n) is 6.57. The van der Waals surface area contributed by atoms with E-state index in [4.69, 9.17) is 9.47 Å². The molecule has 0 amide bonds. The summed E-state index contributed by atoms with van der Waals surface area (Å²) in [7, 11) is 0. The average molecular weight is 447 g/mol. The minimum atomic E-state index is 0.531. The molecule has 0 atom stereocenters. The lowest BCUT2D eigenvalue weighted by molar-refractivity contribution is 0.307. The van der Waals surface area contributed by atoms with E-state index in [-0.39, 0.29) is 0 Å². The van der Waals surface area contributed by atoms with E-state index in [9.17, 15) is 0 Å². The largest absolute Gasteiger partial charge is 0.488 e. The molecule has 0 aromatic heterocycles. The minimum absolute atomic E-state index is 0.531. The normalized spacial score (nSPS) is 11.2. The maximum atomic E-state index is 6.53. The molecule has 0 aliphatic carbocycles. The Labute approximate surface area is 201 Å². The molecule has 0 heterocycles. The summed E-state index contributed by atoms with van der Waals surface area (Å²) in [5, 5.41) is 4.28. The Morgan fingerprint density at radius 2 is 0.824 bits per heavy atom. The molecular weight excluding hydrogens is 416 g/mol. The van der Waals surface area contributed by atoms with Crippen molar-refractivity contribution in [2.24, 2.45) is 0 Å². The number of ether oxygens (including phenoxy) is 2. The van der Waals surface area contributed by atoms with Crippen LogP contribution < -0.4 is 9.47 Å². The van der Waals surface area contributed by atoms with Gasteiger partial charge in [-0.25, -0.2) is 0 Å². The fourth-order valence-electron chi connectivity index (χ4n) is 4.67. The van der Waals surface area contributed by atoms with Crippen LogP contribution in [0.2, 0.25) is 0 Å². The molecule has 0 bridgehead atoms. The van der Waals surface area contributed by atoms with Crippen molar-refractivity contribution in [3.05, 3.63) is 118 Å². The summed E-state index contributed by atoms with van der Waals surface area (Å²) in [4.78, 5) is 0. The molecule has 0 N–H and O–H groups in total. The monoisotopic (exact) mass is 446 g/mol. The Kier molecular flexibility index (Phi) is 5.98. The third-order valence-corrected chi connectivity index (χ3v) is 6.57. The highest BCUT2D eigenvalue weighted by Gasteiger charge is 2.16. The number of benzene rings is 5. The van der Waals surface area contributed by atoms with Crippen LogP contribution in [0.3, 0.4) is 0 Å². The van der Waals surface area contributed by atoms with E-state index in [1.165, 1.54) is 33.4 Å².